The van der Waals surface area contributed by atoms with Crippen LogP contribution in [0.15, 0.2) is 0 Å². The number of carbonyl (C=O) groups is 1. The number of hydrogen-bond donors (Lipinski definition) is 2. The molecule has 0 radical (unpaired) electrons. The van der Waals surface area contributed by atoms with Crippen molar-refractivity contribution in [2.45, 2.75) is 45.2 Å². The van der Waals surface area contributed by atoms with Gasteiger partial charge in [-0.25, -0.2) is 0 Å². The van der Waals surface area contributed by atoms with Gasteiger partial charge in [-0.05, 0) is 32.9 Å². The molecule has 1 amide bonds. The zero-order valence-corrected chi connectivity index (χ0v) is 10.7. The number of nitrogens with one attached hydrogen (secondary N) is 2. The van der Waals surface area contributed by atoms with Crippen LogP contribution in [0.5, 0.6) is 0 Å². The van der Waals surface area contributed by atoms with E-state index in [-0.39, 0.29) is 11.4 Å². The Morgan fingerprint density at radius 2 is 2.20 bits per heavy atom. The first-order valence-electron chi connectivity index (χ1n) is 5.59. The Balaban J connectivity index is 2.06. The zero-order valence-electron chi connectivity index (χ0n) is 9.93. The first-order valence-corrected chi connectivity index (χ1v) is 6.75. The first kappa shape index (κ1) is 12.8. The molecule has 0 aromatic rings. The average molecular weight is 230 g/mol. The fourth-order valence-corrected chi connectivity index (χ4v) is 2.75. The second kappa shape index (κ2) is 5.75. The van der Waals surface area contributed by atoms with Crippen molar-refractivity contribution in [1.82, 2.24) is 10.6 Å². The average Bonchev–Trinajstić information content (AvgIpc) is 2.53. The van der Waals surface area contributed by atoms with E-state index in [0.717, 1.165) is 6.54 Å². The third kappa shape index (κ3) is 6.05. The summed E-state index contributed by atoms with van der Waals surface area (Å²) in [4.78, 5) is 11.5. The van der Waals surface area contributed by atoms with Gasteiger partial charge in [-0.2, -0.15) is 11.8 Å². The smallest absolute Gasteiger partial charge is 0.221 e. The van der Waals surface area contributed by atoms with Crippen LogP contribution in [0.25, 0.3) is 0 Å². The maximum absolute atomic E-state index is 11.5. The number of carbonyl (C=O) groups excluding carboxylic acids is 1. The van der Waals surface area contributed by atoms with Crippen molar-refractivity contribution in [2.75, 3.05) is 18.1 Å². The molecule has 1 fully saturated rings. The van der Waals surface area contributed by atoms with Crippen LogP contribution in [0.1, 0.15) is 33.6 Å². The molecule has 3 nitrogen and oxygen atoms in total. The molecule has 0 aromatic carbocycles. The second-order valence-corrected chi connectivity index (χ2v) is 6.21. The fourth-order valence-electron chi connectivity index (χ4n) is 1.57. The third-order valence-electron chi connectivity index (χ3n) is 2.23. The molecule has 4 heteroatoms. The minimum atomic E-state index is -0.111. The molecule has 2 N–H and O–H groups in total. The van der Waals surface area contributed by atoms with Crippen molar-refractivity contribution in [3.8, 4) is 0 Å². The van der Waals surface area contributed by atoms with Crippen LogP contribution in [-0.4, -0.2) is 35.5 Å². The Morgan fingerprint density at radius 3 is 2.73 bits per heavy atom. The highest BCUT2D eigenvalue weighted by molar-refractivity contribution is 7.99. The maximum atomic E-state index is 11.5. The number of rotatable bonds is 4. The highest BCUT2D eigenvalue weighted by Crippen LogP contribution is 2.16. The second-order valence-electron chi connectivity index (χ2n) is 5.06. The van der Waals surface area contributed by atoms with Gasteiger partial charge in [0.15, 0.2) is 0 Å². The predicted octanol–water partition coefficient (Wildman–Crippen LogP) is 1.39. The molecule has 0 aromatic heterocycles. The van der Waals surface area contributed by atoms with Gasteiger partial charge in [0.2, 0.25) is 5.91 Å². The summed E-state index contributed by atoms with van der Waals surface area (Å²) in [6.45, 7) is 6.82. The molecule has 0 saturated carbocycles. The van der Waals surface area contributed by atoms with Gasteiger partial charge in [-0.1, -0.05) is 0 Å². The van der Waals surface area contributed by atoms with E-state index in [2.05, 4.69) is 10.6 Å². The third-order valence-corrected chi connectivity index (χ3v) is 3.39. The van der Waals surface area contributed by atoms with Crippen molar-refractivity contribution < 1.29 is 4.79 Å². The van der Waals surface area contributed by atoms with Gasteiger partial charge in [0.25, 0.3) is 0 Å². The molecule has 0 bridgehead atoms. The van der Waals surface area contributed by atoms with Gasteiger partial charge in [0.05, 0.1) is 0 Å². The summed E-state index contributed by atoms with van der Waals surface area (Å²) in [6.07, 6.45) is 1.82. The van der Waals surface area contributed by atoms with Crippen LogP contribution in [0.4, 0.5) is 0 Å². The Hall–Kier alpha value is -0.220. The molecule has 1 heterocycles. The number of amides is 1. The standard InChI is InChI=1S/C11H22N2OS/c1-11(2,3)13-10(14)4-6-12-9-5-7-15-8-9/h9,12H,4-8H2,1-3H3,(H,13,14). The predicted molar refractivity (Wildman–Crippen MR) is 66.2 cm³/mol. The summed E-state index contributed by atoms with van der Waals surface area (Å²) < 4.78 is 0. The van der Waals surface area contributed by atoms with Crippen LogP contribution < -0.4 is 10.6 Å². The molecule has 1 rings (SSSR count). The SMILES string of the molecule is CC(C)(C)NC(=O)CCNC1CCSC1. The Morgan fingerprint density at radius 1 is 1.47 bits per heavy atom. The molecular weight excluding hydrogens is 208 g/mol. The molecule has 0 aliphatic carbocycles. The lowest BCUT2D eigenvalue weighted by Crippen LogP contribution is -2.42. The molecule has 1 atom stereocenters. The van der Waals surface area contributed by atoms with Crippen molar-refractivity contribution in [2.24, 2.45) is 0 Å². The van der Waals surface area contributed by atoms with Gasteiger partial charge >= 0.3 is 0 Å². The van der Waals surface area contributed by atoms with E-state index in [1.54, 1.807) is 0 Å². The molecule has 1 aliphatic rings. The zero-order chi connectivity index (χ0) is 11.3. The summed E-state index contributed by atoms with van der Waals surface area (Å²) in [7, 11) is 0. The van der Waals surface area contributed by atoms with Crippen molar-refractivity contribution in [1.29, 1.82) is 0 Å². The quantitative estimate of drug-likeness (QED) is 0.767. The van der Waals surface area contributed by atoms with E-state index in [0.29, 0.717) is 12.5 Å². The lowest BCUT2D eigenvalue weighted by atomic mass is 10.1. The Labute approximate surface area is 96.8 Å². The van der Waals surface area contributed by atoms with E-state index in [9.17, 15) is 4.79 Å². The lowest BCUT2D eigenvalue weighted by molar-refractivity contribution is -0.122. The number of thioether (sulfide) groups is 1. The van der Waals surface area contributed by atoms with Gasteiger partial charge in [0, 0.05) is 30.3 Å². The minimum absolute atomic E-state index is 0.111. The summed E-state index contributed by atoms with van der Waals surface area (Å²) in [5, 5.41) is 6.38. The van der Waals surface area contributed by atoms with Crippen molar-refractivity contribution in [3.63, 3.8) is 0 Å². The summed E-state index contributed by atoms with van der Waals surface area (Å²) in [6, 6.07) is 0.623. The van der Waals surface area contributed by atoms with Crippen molar-refractivity contribution >= 4 is 17.7 Å². The summed E-state index contributed by atoms with van der Waals surface area (Å²) >= 11 is 1.99. The van der Waals surface area contributed by atoms with E-state index in [1.807, 2.05) is 32.5 Å². The van der Waals surface area contributed by atoms with E-state index in [1.165, 1.54) is 17.9 Å². The van der Waals surface area contributed by atoms with Gasteiger partial charge in [0.1, 0.15) is 0 Å². The molecule has 1 saturated heterocycles. The van der Waals surface area contributed by atoms with Crippen LogP contribution in [0.3, 0.4) is 0 Å². The molecular formula is C11H22N2OS. The van der Waals surface area contributed by atoms with Crippen LogP contribution in [-0.2, 0) is 4.79 Å². The monoisotopic (exact) mass is 230 g/mol. The fraction of sp³-hybridized carbons (Fsp3) is 0.909. The highest BCUT2D eigenvalue weighted by atomic mass is 32.2. The normalized spacial score (nSPS) is 21.7. The first-order chi connectivity index (χ1) is 6.97. The van der Waals surface area contributed by atoms with Crippen LogP contribution in [0.2, 0.25) is 0 Å². The molecule has 1 aliphatic heterocycles. The van der Waals surface area contributed by atoms with Gasteiger partial charge < -0.3 is 10.6 Å². The molecule has 1 unspecified atom stereocenters. The van der Waals surface area contributed by atoms with E-state index < -0.39 is 0 Å². The Bertz CT molecular complexity index is 207. The molecule has 88 valence electrons. The Kier molecular flexibility index (Phi) is 4.93. The largest absolute Gasteiger partial charge is 0.351 e. The van der Waals surface area contributed by atoms with Gasteiger partial charge in [-0.15, -0.1) is 0 Å². The molecule has 15 heavy (non-hydrogen) atoms. The van der Waals surface area contributed by atoms with Crippen molar-refractivity contribution in [3.05, 3.63) is 0 Å². The van der Waals surface area contributed by atoms with Crippen LogP contribution >= 0.6 is 11.8 Å². The minimum Gasteiger partial charge on any atom is -0.351 e. The van der Waals surface area contributed by atoms with Crippen LogP contribution in [0, 0.1) is 0 Å². The maximum Gasteiger partial charge on any atom is 0.221 e. The summed E-state index contributed by atoms with van der Waals surface area (Å²) in [5.41, 5.74) is -0.111. The topological polar surface area (TPSA) is 41.1 Å². The van der Waals surface area contributed by atoms with E-state index >= 15 is 0 Å². The molecule has 0 spiro atoms. The van der Waals surface area contributed by atoms with E-state index in [4.69, 9.17) is 0 Å². The highest BCUT2D eigenvalue weighted by Gasteiger charge is 2.16. The van der Waals surface area contributed by atoms with Gasteiger partial charge in [-0.3, -0.25) is 4.79 Å². The lowest BCUT2D eigenvalue weighted by Gasteiger charge is -2.20. The number of hydrogen-bond acceptors (Lipinski definition) is 3. The summed E-state index contributed by atoms with van der Waals surface area (Å²) in [5.74, 6) is 2.59.